The van der Waals surface area contributed by atoms with Crippen molar-refractivity contribution in [1.29, 1.82) is 0 Å². The van der Waals surface area contributed by atoms with Crippen molar-refractivity contribution in [2.45, 2.75) is 144 Å². The number of ether oxygens (including phenoxy) is 7. The molecule has 0 radical (unpaired) electrons. The summed E-state index contributed by atoms with van der Waals surface area (Å²) in [5.74, 6) is 3.02. The van der Waals surface area contributed by atoms with Crippen molar-refractivity contribution in [3.8, 4) is 23.0 Å². The average molecular weight is 1240 g/mol. The van der Waals surface area contributed by atoms with Gasteiger partial charge in [0, 0.05) is 35.6 Å². The number of pyridine rings is 2. The van der Waals surface area contributed by atoms with E-state index in [0.717, 1.165) is 117 Å². The first-order chi connectivity index (χ1) is 41.7. The molecule has 0 atom stereocenters. The van der Waals surface area contributed by atoms with Crippen LogP contribution in [-0.4, -0.2) is 102 Å². The molecule has 0 amide bonds. The number of aliphatic imine (C=N–C) groups is 2. The van der Waals surface area contributed by atoms with Crippen LogP contribution < -0.4 is 18.9 Å². The summed E-state index contributed by atoms with van der Waals surface area (Å²) in [6, 6.07) is 39.1. The van der Waals surface area contributed by atoms with Crippen LogP contribution in [0, 0.1) is 0 Å². The van der Waals surface area contributed by atoms with Crippen LogP contribution in [0.15, 0.2) is 171 Å². The summed E-state index contributed by atoms with van der Waals surface area (Å²) in [6.07, 6.45) is 7.40. The van der Waals surface area contributed by atoms with E-state index in [9.17, 15) is 0 Å². The fourth-order valence-electron chi connectivity index (χ4n) is 9.83. The Morgan fingerprint density at radius 1 is 0.402 bits per heavy atom. The van der Waals surface area contributed by atoms with Gasteiger partial charge >= 0.3 is 0 Å². The Morgan fingerprint density at radius 3 is 1.02 bits per heavy atom. The first-order valence-corrected chi connectivity index (χ1v) is 33.3. The van der Waals surface area contributed by atoms with Gasteiger partial charge in [0.2, 0.25) is 0 Å². The van der Waals surface area contributed by atoms with Crippen molar-refractivity contribution in [2.24, 2.45) is 9.98 Å². The minimum atomic E-state index is -0.250. The normalized spacial score (nSPS) is 15.2. The fourth-order valence-corrected chi connectivity index (χ4v) is 14.6. The molecule has 6 aromatic carbocycles. The van der Waals surface area contributed by atoms with Crippen molar-refractivity contribution in [2.75, 3.05) is 79.2 Å². The summed E-state index contributed by atoms with van der Waals surface area (Å²) in [4.78, 5) is 26.9. The smallest absolute Gasteiger partial charge is 0.147 e. The van der Waals surface area contributed by atoms with Gasteiger partial charge in [0.15, 0.2) is 0 Å². The molecule has 10 rings (SSSR count). The summed E-state index contributed by atoms with van der Waals surface area (Å²) in [7, 11) is 0. The Labute approximate surface area is 532 Å². The Morgan fingerprint density at radius 2 is 0.701 bits per heavy atom. The van der Waals surface area contributed by atoms with E-state index in [0.29, 0.717) is 79.2 Å². The van der Waals surface area contributed by atoms with Crippen molar-refractivity contribution < 1.29 is 33.2 Å². The number of fused-ring (bicyclic) bond motifs is 4. The Hall–Kier alpha value is -6.04. The summed E-state index contributed by atoms with van der Waals surface area (Å²) in [5, 5.41) is 4.34. The van der Waals surface area contributed by atoms with Crippen LogP contribution in [0.4, 0.5) is 0 Å². The SMILES string of the molecule is CC(C)(C)c1cc2c(OCCN=Cc3nccc4ccccc34)c(c1)Sc1cc(C(C)(C)C)cc3c1OCCOCCOCCOCCOc1c(cc(C(C)(C)C)cc1Sc1cc(C(C)(C)C)cc(c1OCCN=Cc1nccc4ccccc14)S3)S2. The maximum absolute atomic E-state index is 7.21. The van der Waals surface area contributed by atoms with E-state index in [-0.39, 0.29) is 21.7 Å². The molecular formula is C72H82N4O7S4. The molecule has 4 heterocycles. The van der Waals surface area contributed by atoms with Crippen LogP contribution in [0.25, 0.3) is 21.5 Å². The number of aromatic nitrogens is 2. The molecule has 456 valence electrons. The third kappa shape index (κ3) is 16.4. The highest BCUT2D eigenvalue weighted by molar-refractivity contribution is 8.01. The van der Waals surface area contributed by atoms with Gasteiger partial charge in [0.05, 0.1) is 103 Å². The van der Waals surface area contributed by atoms with Gasteiger partial charge in [-0.1, -0.05) is 179 Å². The van der Waals surface area contributed by atoms with E-state index < -0.39 is 0 Å². The molecule has 0 saturated carbocycles. The summed E-state index contributed by atoms with van der Waals surface area (Å²) in [5.41, 5.74) is 5.30. The number of benzene rings is 6. The zero-order valence-electron chi connectivity index (χ0n) is 52.5. The maximum Gasteiger partial charge on any atom is 0.147 e. The van der Waals surface area contributed by atoms with Crippen LogP contribution in [0.2, 0.25) is 0 Å². The molecule has 10 bridgehead atoms. The topological polar surface area (TPSA) is 115 Å². The second-order valence-corrected chi connectivity index (χ2v) is 30.1. The molecule has 0 fully saturated rings. The molecule has 8 aromatic rings. The average Bonchev–Trinajstić information content (AvgIpc) is 1.21. The van der Waals surface area contributed by atoms with Crippen molar-refractivity contribution in [3.63, 3.8) is 0 Å². The second-order valence-electron chi connectivity index (χ2n) is 25.8. The molecule has 0 unspecified atom stereocenters. The van der Waals surface area contributed by atoms with E-state index in [1.807, 2.05) is 61.2 Å². The van der Waals surface area contributed by atoms with Crippen molar-refractivity contribution >= 4 is 81.0 Å². The highest BCUT2D eigenvalue weighted by atomic mass is 32.2. The van der Waals surface area contributed by atoms with Gasteiger partial charge in [-0.3, -0.25) is 20.0 Å². The zero-order chi connectivity index (χ0) is 61.3. The number of hydrogen-bond acceptors (Lipinski definition) is 15. The minimum absolute atomic E-state index is 0.244. The molecule has 11 nitrogen and oxygen atoms in total. The Balaban J connectivity index is 1.19. The monoisotopic (exact) mass is 1240 g/mol. The molecule has 0 N–H and O–H groups in total. The molecular weight excluding hydrogens is 1160 g/mol. The van der Waals surface area contributed by atoms with E-state index in [4.69, 9.17) is 53.1 Å². The lowest BCUT2D eigenvalue weighted by Crippen LogP contribution is -2.16. The molecule has 2 aliphatic heterocycles. The Bertz CT molecular complexity index is 3430. The van der Waals surface area contributed by atoms with E-state index >= 15 is 0 Å². The van der Waals surface area contributed by atoms with Gasteiger partial charge in [-0.15, -0.1) is 0 Å². The highest BCUT2D eigenvalue weighted by Gasteiger charge is 2.31. The van der Waals surface area contributed by atoms with Crippen LogP contribution >= 0.6 is 47.0 Å². The van der Waals surface area contributed by atoms with Crippen LogP contribution in [-0.2, 0) is 35.9 Å². The molecule has 15 heteroatoms. The van der Waals surface area contributed by atoms with Crippen LogP contribution in [0.5, 0.6) is 23.0 Å². The summed E-state index contributed by atoms with van der Waals surface area (Å²) in [6.45, 7) is 31.7. The predicted molar refractivity (Wildman–Crippen MR) is 360 cm³/mol. The third-order valence-corrected chi connectivity index (χ3v) is 19.1. The fraction of sp³-hybridized carbons (Fsp3) is 0.389. The van der Waals surface area contributed by atoms with Crippen LogP contribution in [0.3, 0.4) is 0 Å². The summed E-state index contributed by atoms with van der Waals surface area (Å²) < 4.78 is 47.0. The lowest BCUT2D eigenvalue weighted by molar-refractivity contribution is 0.00450. The van der Waals surface area contributed by atoms with Crippen LogP contribution in [0.1, 0.15) is 117 Å². The van der Waals surface area contributed by atoms with Gasteiger partial charge in [-0.25, -0.2) is 0 Å². The van der Waals surface area contributed by atoms with Gasteiger partial charge in [0.1, 0.15) is 49.4 Å². The summed E-state index contributed by atoms with van der Waals surface area (Å²) >= 11 is 6.70. The lowest BCUT2D eigenvalue weighted by Gasteiger charge is -2.28. The molecule has 87 heavy (non-hydrogen) atoms. The zero-order valence-corrected chi connectivity index (χ0v) is 55.7. The molecule has 0 aliphatic carbocycles. The largest absolute Gasteiger partial charge is 0.489 e. The molecule has 2 aromatic heterocycles. The Kier molecular flexibility index (Phi) is 20.7. The standard InChI is InChI=1S/C72H82N4O7S4/c1-69(2,3)49-37-57-65(80-27-25-73-45-55-53-19-15-13-17-47(53)21-23-75-55)58(38-49)85-62-42-52(72(10,11)12)44-64-68(62)83-36-34-79-32-30-77-29-31-78-33-35-82-67-61(84-57)41-51(71(7,8)9)43-63(67)86-59-39-50(70(4,5)6)40-60(87-64)66(59)81-28-26-74-46-56-54-20-16-14-18-48(54)22-24-76-56/h13-24,37-46H,25-36H2,1-12H3. The number of hydrogen-bond donors (Lipinski definition) is 0. The lowest BCUT2D eigenvalue weighted by atomic mass is 9.87. The van der Waals surface area contributed by atoms with Gasteiger partial charge in [0.25, 0.3) is 0 Å². The number of nitrogens with zero attached hydrogens (tertiary/aromatic N) is 4. The quantitative estimate of drug-likeness (QED) is 0.0957. The first-order valence-electron chi connectivity index (χ1n) is 30.0. The highest BCUT2D eigenvalue weighted by Crippen LogP contribution is 2.56. The molecule has 0 spiro atoms. The van der Waals surface area contributed by atoms with Crippen molar-refractivity contribution in [1.82, 2.24) is 9.97 Å². The van der Waals surface area contributed by atoms with E-state index in [1.165, 1.54) is 0 Å². The maximum atomic E-state index is 7.21. The van der Waals surface area contributed by atoms with E-state index in [1.54, 1.807) is 47.0 Å². The van der Waals surface area contributed by atoms with Gasteiger partial charge in [-0.2, -0.15) is 0 Å². The molecule has 0 saturated heterocycles. The van der Waals surface area contributed by atoms with E-state index in [2.05, 4.69) is 156 Å². The van der Waals surface area contributed by atoms with Gasteiger partial charge in [-0.05, 0) is 115 Å². The third-order valence-electron chi connectivity index (χ3n) is 14.9. The minimum Gasteiger partial charge on any atom is -0.489 e. The predicted octanol–water partition coefficient (Wildman–Crippen LogP) is 17.7. The van der Waals surface area contributed by atoms with Crippen molar-refractivity contribution in [3.05, 3.63) is 155 Å². The molecule has 2 aliphatic rings. The first kappa shape index (κ1) is 64.0. The van der Waals surface area contributed by atoms with Gasteiger partial charge < -0.3 is 33.2 Å². The number of rotatable bonds is 10. The second kappa shape index (κ2) is 28.2.